The van der Waals surface area contributed by atoms with E-state index in [1.165, 1.54) is 0 Å². The molecule has 2 rings (SSSR count). The van der Waals surface area contributed by atoms with E-state index >= 15 is 0 Å². The maximum atomic E-state index is 12.7. The first-order valence-electron chi connectivity index (χ1n) is 7.63. The Labute approximate surface area is 130 Å². The summed E-state index contributed by atoms with van der Waals surface area (Å²) < 4.78 is 1.87. The maximum Gasteiger partial charge on any atom is 0.254 e. The van der Waals surface area contributed by atoms with Gasteiger partial charge >= 0.3 is 0 Å². The van der Waals surface area contributed by atoms with Crippen molar-refractivity contribution in [1.82, 2.24) is 19.7 Å². The fourth-order valence-corrected chi connectivity index (χ4v) is 2.33. The van der Waals surface area contributed by atoms with Crippen molar-refractivity contribution < 1.29 is 9.90 Å². The van der Waals surface area contributed by atoms with Crippen molar-refractivity contribution in [2.75, 3.05) is 13.7 Å². The van der Waals surface area contributed by atoms with E-state index in [0.717, 1.165) is 23.1 Å². The molecule has 6 nitrogen and oxygen atoms in total. The second-order valence-electron chi connectivity index (χ2n) is 5.84. The predicted octanol–water partition coefficient (Wildman–Crippen LogP) is 2.16. The average Bonchev–Trinajstić information content (AvgIpc) is 2.94. The van der Waals surface area contributed by atoms with Crippen molar-refractivity contribution in [2.45, 2.75) is 46.2 Å². The largest absolute Gasteiger partial charge is 0.394 e. The van der Waals surface area contributed by atoms with Crippen LogP contribution in [0.4, 0.5) is 0 Å². The van der Waals surface area contributed by atoms with Gasteiger partial charge in [-0.1, -0.05) is 6.92 Å². The minimum atomic E-state index is -0.236. The number of pyridine rings is 1. The van der Waals surface area contributed by atoms with Crippen molar-refractivity contribution in [3.63, 3.8) is 0 Å². The van der Waals surface area contributed by atoms with E-state index in [9.17, 15) is 9.90 Å². The first-order chi connectivity index (χ1) is 10.4. The number of amides is 1. The molecule has 1 N–H and O–H groups in total. The van der Waals surface area contributed by atoms with E-state index in [0.29, 0.717) is 5.56 Å². The number of carbonyl (C=O) groups is 1. The lowest BCUT2D eigenvalue weighted by Gasteiger charge is -2.23. The molecule has 0 aliphatic heterocycles. The summed E-state index contributed by atoms with van der Waals surface area (Å²) in [5, 5.41) is 14.4. The number of carbonyl (C=O) groups excluding carboxylic acids is 1. The third-order valence-electron chi connectivity index (χ3n) is 4.18. The molecule has 0 aliphatic carbocycles. The number of aryl methyl sites for hydroxylation is 1. The van der Waals surface area contributed by atoms with Gasteiger partial charge in [0.25, 0.3) is 5.91 Å². The van der Waals surface area contributed by atoms with Gasteiger partial charge < -0.3 is 10.0 Å². The molecule has 0 aromatic carbocycles. The van der Waals surface area contributed by atoms with Gasteiger partial charge in [0.05, 0.1) is 35.8 Å². The number of hydrogen-bond donors (Lipinski definition) is 1. The highest BCUT2D eigenvalue weighted by Crippen LogP contribution is 2.23. The molecule has 0 saturated carbocycles. The summed E-state index contributed by atoms with van der Waals surface area (Å²) in [6.07, 6.45) is 2.65. The van der Waals surface area contributed by atoms with E-state index in [4.69, 9.17) is 0 Å². The van der Waals surface area contributed by atoms with Crippen LogP contribution in [-0.4, -0.2) is 50.4 Å². The smallest absolute Gasteiger partial charge is 0.254 e. The lowest BCUT2D eigenvalue weighted by Crippen LogP contribution is -2.37. The van der Waals surface area contributed by atoms with E-state index < -0.39 is 0 Å². The second kappa shape index (κ2) is 6.44. The van der Waals surface area contributed by atoms with Gasteiger partial charge in [-0.2, -0.15) is 5.10 Å². The first kappa shape index (κ1) is 16.4. The van der Waals surface area contributed by atoms with Gasteiger partial charge in [-0.3, -0.25) is 4.79 Å². The van der Waals surface area contributed by atoms with Crippen molar-refractivity contribution in [3.05, 3.63) is 23.5 Å². The average molecular weight is 304 g/mol. The molecule has 1 amide bonds. The highest BCUT2D eigenvalue weighted by atomic mass is 16.3. The van der Waals surface area contributed by atoms with Crippen LogP contribution >= 0.6 is 0 Å². The Morgan fingerprint density at radius 2 is 2.14 bits per heavy atom. The van der Waals surface area contributed by atoms with Gasteiger partial charge in [-0.15, -0.1) is 0 Å². The van der Waals surface area contributed by atoms with Gasteiger partial charge in [-0.05, 0) is 33.3 Å². The minimum Gasteiger partial charge on any atom is -0.394 e. The Morgan fingerprint density at radius 3 is 2.73 bits per heavy atom. The van der Waals surface area contributed by atoms with Crippen LogP contribution in [0.1, 0.15) is 49.3 Å². The molecule has 0 bridgehead atoms. The zero-order chi connectivity index (χ0) is 16.4. The molecule has 2 aromatic rings. The Kier molecular flexibility index (Phi) is 4.81. The van der Waals surface area contributed by atoms with Gasteiger partial charge in [-0.25, -0.2) is 9.67 Å². The van der Waals surface area contributed by atoms with E-state index in [-0.39, 0.29) is 24.6 Å². The van der Waals surface area contributed by atoms with Gasteiger partial charge in [0, 0.05) is 12.7 Å². The lowest BCUT2D eigenvalue weighted by atomic mass is 10.1. The standard InChI is InChI=1S/C16H24N4O2/c1-6-11(3)20-15-14(8-17-20)13(7-10(2)18-15)16(22)19(5)12(4)9-21/h7-8,11-12,21H,6,9H2,1-5H3. The summed E-state index contributed by atoms with van der Waals surface area (Å²) in [5.41, 5.74) is 2.11. The summed E-state index contributed by atoms with van der Waals surface area (Å²) in [6.45, 7) is 7.79. The Morgan fingerprint density at radius 1 is 1.45 bits per heavy atom. The zero-order valence-electron chi connectivity index (χ0n) is 13.9. The van der Waals surface area contributed by atoms with Gasteiger partial charge in [0.2, 0.25) is 0 Å². The number of nitrogens with zero attached hydrogens (tertiary/aromatic N) is 4. The lowest BCUT2D eigenvalue weighted by molar-refractivity contribution is 0.0684. The summed E-state index contributed by atoms with van der Waals surface area (Å²) >= 11 is 0. The molecule has 0 fully saturated rings. The van der Waals surface area contributed by atoms with Crippen LogP contribution in [0.15, 0.2) is 12.3 Å². The Bertz CT molecular complexity index is 680. The monoisotopic (exact) mass is 304 g/mol. The molecular weight excluding hydrogens is 280 g/mol. The van der Waals surface area contributed by atoms with Crippen LogP contribution in [-0.2, 0) is 0 Å². The van der Waals surface area contributed by atoms with E-state index in [1.807, 2.05) is 18.5 Å². The fourth-order valence-electron chi connectivity index (χ4n) is 2.33. The normalized spacial score (nSPS) is 14.1. The quantitative estimate of drug-likeness (QED) is 0.919. The molecule has 2 atom stereocenters. The molecular formula is C16H24N4O2. The van der Waals surface area contributed by atoms with Gasteiger partial charge in [0.1, 0.15) is 0 Å². The van der Waals surface area contributed by atoms with Crippen LogP contribution in [0.25, 0.3) is 11.0 Å². The van der Waals surface area contributed by atoms with Crippen molar-refractivity contribution in [2.24, 2.45) is 0 Å². The van der Waals surface area contributed by atoms with Gasteiger partial charge in [0.15, 0.2) is 5.65 Å². The number of aliphatic hydroxyl groups is 1. The number of fused-ring (bicyclic) bond motifs is 1. The summed E-state index contributed by atoms with van der Waals surface area (Å²) in [7, 11) is 1.70. The van der Waals surface area contributed by atoms with Crippen molar-refractivity contribution >= 4 is 16.9 Å². The minimum absolute atomic E-state index is 0.0679. The second-order valence-corrected chi connectivity index (χ2v) is 5.84. The molecule has 0 spiro atoms. The molecule has 0 saturated heterocycles. The summed E-state index contributed by atoms with van der Waals surface area (Å²) in [4.78, 5) is 18.8. The number of hydrogen-bond acceptors (Lipinski definition) is 4. The molecule has 6 heteroatoms. The molecule has 22 heavy (non-hydrogen) atoms. The third kappa shape index (κ3) is 2.83. The van der Waals surface area contributed by atoms with Crippen molar-refractivity contribution in [1.29, 1.82) is 0 Å². The fraction of sp³-hybridized carbons (Fsp3) is 0.562. The Hall–Kier alpha value is -1.95. The zero-order valence-corrected chi connectivity index (χ0v) is 13.9. The number of rotatable bonds is 5. The highest BCUT2D eigenvalue weighted by molar-refractivity contribution is 6.05. The number of aliphatic hydroxyl groups excluding tert-OH is 1. The SMILES string of the molecule is CCC(C)n1ncc2c(C(=O)N(C)C(C)CO)cc(C)nc21. The molecule has 2 unspecified atom stereocenters. The van der Waals surface area contributed by atoms with E-state index in [2.05, 4.69) is 23.9 Å². The number of likely N-dealkylation sites (N-methyl/N-ethyl adjacent to an activating group) is 1. The molecule has 120 valence electrons. The third-order valence-corrected chi connectivity index (χ3v) is 4.18. The first-order valence-corrected chi connectivity index (χ1v) is 7.63. The van der Waals surface area contributed by atoms with Crippen molar-refractivity contribution in [3.8, 4) is 0 Å². The van der Waals surface area contributed by atoms with Crippen LogP contribution in [0.3, 0.4) is 0 Å². The molecule has 0 aliphatic rings. The molecule has 2 heterocycles. The highest BCUT2D eigenvalue weighted by Gasteiger charge is 2.22. The topological polar surface area (TPSA) is 71.2 Å². The number of aromatic nitrogens is 3. The van der Waals surface area contributed by atoms with Crippen LogP contribution < -0.4 is 0 Å². The van der Waals surface area contributed by atoms with E-state index in [1.54, 1.807) is 24.2 Å². The summed E-state index contributed by atoms with van der Waals surface area (Å²) in [5.74, 6) is -0.124. The van der Waals surface area contributed by atoms with Crippen LogP contribution in [0.5, 0.6) is 0 Å². The predicted molar refractivity (Wildman–Crippen MR) is 85.9 cm³/mol. The Balaban J connectivity index is 2.55. The van der Waals surface area contributed by atoms with Crippen LogP contribution in [0.2, 0.25) is 0 Å². The molecule has 0 radical (unpaired) electrons. The molecule has 2 aromatic heterocycles. The maximum absolute atomic E-state index is 12.7. The summed E-state index contributed by atoms with van der Waals surface area (Å²) in [6, 6.07) is 1.78. The van der Waals surface area contributed by atoms with Crippen LogP contribution in [0, 0.1) is 6.92 Å².